The van der Waals surface area contributed by atoms with Gasteiger partial charge in [0.15, 0.2) is 0 Å². The molecule has 3 aromatic rings. The lowest BCUT2D eigenvalue weighted by Crippen LogP contribution is -2.30. The topological polar surface area (TPSA) is 91.5 Å². The monoisotopic (exact) mass is 384 g/mol. The third kappa shape index (κ3) is 3.25. The molecule has 2 aromatic heterocycles. The van der Waals surface area contributed by atoms with Crippen molar-refractivity contribution in [1.29, 1.82) is 0 Å². The van der Waals surface area contributed by atoms with Crippen LogP contribution >= 0.6 is 0 Å². The Kier molecular flexibility index (Phi) is 4.82. The Hall–Kier alpha value is -2.84. The van der Waals surface area contributed by atoms with E-state index in [4.69, 9.17) is 0 Å². The van der Waals surface area contributed by atoms with Gasteiger partial charge in [0, 0.05) is 29.6 Å². The van der Waals surface area contributed by atoms with Crippen LogP contribution in [0.15, 0.2) is 35.1 Å². The molecule has 0 aliphatic heterocycles. The van der Waals surface area contributed by atoms with E-state index in [2.05, 4.69) is 9.97 Å². The van der Waals surface area contributed by atoms with Crippen LogP contribution in [0, 0.1) is 12.7 Å². The zero-order valence-corrected chi connectivity index (χ0v) is 15.5. The van der Waals surface area contributed by atoms with Crippen molar-refractivity contribution >= 4 is 17.0 Å². The lowest BCUT2D eigenvalue weighted by atomic mass is 10.0. The number of aliphatic hydroxyl groups is 2. The normalized spacial score (nSPS) is 13.9. The van der Waals surface area contributed by atoms with Gasteiger partial charge in [-0.2, -0.15) is 4.98 Å². The Balaban J connectivity index is 2.04. The summed E-state index contributed by atoms with van der Waals surface area (Å²) in [6.45, 7) is 1.37. The van der Waals surface area contributed by atoms with Crippen molar-refractivity contribution in [3.8, 4) is 11.3 Å². The van der Waals surface area contributed by atoms with Crippen LogP contribution in [0.3, 0.4) is 0 Å². The average molecular weight is 384 g/mol. The van der Waals surface area contributed by atoms with Gasteiger partial charge in [0.25, 0.3) is 5.56 Å². The summed E-state index contributed by atoms with van der Waals surface area (Å²) in [7, 11) is 0. The van der Waals surface area contributed by atoms with Gasteiger partial charge >= 0.3 is 0 Å². The van der Waals surface area contributed by atoms with Crippen molar-refractivity contribution in [2.24, 2.45) is 0 Å². The van der Waals surface area contributed by atoms with Crippen LogP contribution in [0.25, 0.3) is 22.3 Å². The predicted octanol–water partition coefficient (Wildman–Crippen LogP) is 1.99. The maximum Gasteiger partial charge on any atom is 0.252 e. The quantitative estimate of drug-likeness (QED) is 0.632. The highest BCUT2D eigenvalue weighted by Gasteiger charge is 2.28. The summed E-state index contributed by atoms with van der Waals surface area (Å²) < 4.78 is 15.3. The van der Waals surface area contributed by atoms with Crippen molar-refractivity contribution in [2.45, 2.75) is 25.8 Å². The van der Waals surface area contributed by atoms with E-state index in [9.17, 15) is 19.4 Å². The number of anilines is 1. The van der Waals surface area contributed by atoms with Crippen LogP contribution in [0.5, 0.6) is 0 Å². The molecule has 0 unspecified atom stereocenters. The number of pyridine rings is 1. The highest BCUT2D eigenvalue weighted by molar-refractivity contribution is 5.92. The number of nitrogens with zero attached hydrogens (tertiary/aromatic N) is 4. The molecular weight excluding hydrogens is 363 g/mol. The second-order valence-electron chi connectivity index (χ2n) is 6.97. The van der Waals surface area contributed by atoms with Crippen LogP contribution in [0.2, 0.25) is 0 Å². The lowest BCUT2D eigenvalue weighted by molar-refractivity contribution is 0.256. The molecule has 0 atom stereocenters. The first-order valence-corrected chi connectivity index (χ1v) is 9.20. The first-order valence-electron chi connectivity index (χ1n) is 9.20. The molecule has 8 heteroatoms. The molecule has 28 heavy (non-hydrogen) atoms. The minimum Gasteiger partial charge on any atom is -0.395 e. The third-order valence-electron chi connectivity index (χ3n) is 4.95. The van der Waals surface area contributed by atoms with E-state index in [0.717, 1.165) is 18.4 Å². The number of hydrogen-bond acceptors (Lipinski definition) is 6. The molecule has 2 N–H and O–H groups in total. The van der Waals surface area contributed by atoms with Crippen molar-refractivity contribution in [3.05, 3.63) is 52.1 Å². The summed E-state index contributed by atoms with van der Waals surface area (Å²) in [4.78, 5) is 23.1. The van der Waals surface area contributed by atoms with Gasteiger partial charge in [-0.15, -0.1) is 0 Å². The van der Waals surface area contributed by atoms with Crippen molar-refractivity contribution in [2.75, 3.05) is 24.8 Å². The van der Waals surface area contributed by atoms with Crippen LogP contribution in [0.1, 0.15) is 24.4 Å². The first-order chi connectivity index (χ1) is 13.5. The van der Waals surface area contributed by atoms with Crippen LogP contribution < -0.4 is 10.5 Å². The Morgan fingerprint density at radius 2 is 2.00 bits per heavy atom. The van der Waals surface area contributed by atoms with Gasteiger partial charge in [0.05, 0.1) is 12.3 Å². The van der Waals surface area contributed by atoms with Gasteiger partial charge in [0.2, 0.25) is 5.95 Å². The SMILES string of the molecule is Cc1cc(F)ccc1-c1nc(N(CO)CCO)nc2c1ccc(=O)n2C1CC1. The summed E-state index contributed by atoms with van der Waals surface area (Å²) in [5.74, 6) is -0.130. The Morgan fingerprint density at radius 3 is 2.64 bits per heavy atom. The standard InChI is InChI=1S/C20H21FN4O3/c1-12-10-13(21)2-5-15(12)18-16-6-7-17(28)25(14-3-4-14)19(16)23-20(22-18)24(11-27)8-9-26/h2,5-7,10,14,26-27H,3-4,8-9,11H2,1H3. The number of aliphatic hydroxyl groups excluding tert-OH is 2. The molecule has 2 heterocycles. The van der Waals surface area contributed by atoms with Crippen molar-refractivity contribution < 1.29 is 14.6 Å². The largest absolute Gasteiger partial charge is 0.395 e. The third-order valence-corrected chi connectivity index (χ3v) is 4.95. The fourth-order valence-electron chi connectivity index (χ4n) is 3.40. The highest BCUT2D eigenvalue weighted by atomic mass is 19.1. The summed E-state index contributed by atoms with van der Waals surface area (Å²) in [5.41, 5.74) is 2.32. The number of fused-ring (bicyclic) bond motifs is 1. The molecule has 146 valence electrons. The summed E-state index contributed by atoms with van der Waals surface area (Å²) in [6, 6.07) is 7.73. The molecule has 1 aliphatic rings. The molecule has 0 radical (unpaired) electrons. The number of hydrogen-bond donors (Lipinski definition) is 2. The second-order valence-corrected chi connectivity index (χ2v) is 6.97. The van der Waals surface area contributed by atoms with Gasteiger partial charge in [-0.3, -0.25) is 9.36 Å². The van der Waals surface area contributed by atoms with Crippen LogP contribution in [0.4, 0.5) is 10.3 Å². The minimum atomic E-state index is -0.381. The van der Waals surface area contributed by atoms with Crippen molar-refractivity contribution in [3.63, 3.8) is 0 Å². The van der Waals surface area contributed by atoms with Crippen molar-refractivity contribution in [1.82, 2.24) is 14.5 Å². The summed E-state index contributed by atoms with van der Waals surface area (Å²) in [6.07, 6.45) is 1.81. The van der Waals surface area contributed by atoms with E-state index >= 15 is 0 Å². The molecule has 1 saturated carbocycles. The first kappa shape index (κ1) is 18.5. The number of halogens is 1. The molecule has 0 spiro atoms. The molecular formula is C20H21FN4O3. The maximum absolute atomic E-state index is 13.6. The molecule has 7 nitrogen and oxygen atoms in total. The predicted molar refractivity (Wildman–Crippen MR) is 104 cm³/mol. The fourth-order valence-corrected chi connectivity index (χ4v) is 3.40. The number of aromatic nitrogens is 3. The van der Waals surface area contributed by atoms with E-state index in [-0.39, 0.29) is 43.2 Å². The van der Waals surface area contributed by atoms with E-state index in [1.807, 2.05) is 0 Å². The lowest BCUT2D eigenvalue weighted by Gasteiger charge is -2.21. The van der Waals surface area contributed by atoms with Crippen LogP contribution in [-0.4, -0.2) is 44.6 Å². The van der Waals surface area contributed by atoms with Gasteiger partial charge in [0.1, 0.15) is 18.2 Å². The molecule has 1 aromatic carbocycles. The van der Waals surface area contributed by atoms with Gasteiger partial charge in [-0.05, 0) is 49.6 Å². The smallest absolute Gasteiger partial charge is 0.252 e. The Morgan fingerprint density at radius 1 is 1.21 bits per heavy atom. The zero-order chi connectivity index (χ0) is 19.8. The minimum absolute atomic E-state index is 0.0986. The number of benzene rings is 1. The molecule has 0 saturated heterocycles. The van der Waals surface area contributed by atoms with Gasteiger partial charge in [-0.25, -0.2) is 9.37 Å². The molecule has 1 aliphatic carbocycles. The summed E-state index contributed by atoms with van der Waals surface area (Å²) in [5, 5.41) is 19.7. The van der Waals surface area contributed by atoms with E-state index in [1.165, 1.54) is 23.1 Å². The van der Waals surface area contributed by atoms with E-state index in [0.29, 0.717) is 22.3 Å². The van der Waals surface area contributed by atoms with E-state index < -0.39 is 0 Å². The highest BCUT2D eigenvalue weighted by Crippen LogP contribution is 2.37. The molecule has 0 bridgehead atoms. The van der Waals surface area contributed by atoms with Crippen LogP contribution in [-0.2, 0) is 0 Å². The zero-order valence-electron chi connectivity index (χ0n) is 15.5. The molecule has 0 amide bonds. The Bertz CT molecular complexity index is 1090. The molecule has 4 rings (SSSR count). The maximum atomic E-state index is 13.6. The number of rotatable bonds is 6. The summed E-state index contributed by atoms with van der Waals surface area (Å²) >= 11 is 0. The van der Waals surface area contributed by atoms with E-state index in [1.54, 1.807) is 23.6 Å². The molecule has 1 fully saturated rings. The van der Waals surface area contributed by atoms with Gasteiger partial charge < -0.3 is 15.1 Å². The van der Waals surface area contributed by atoms with Gasteiger partial charge in [-0.1, -0.05) is 0 Å². The fraction of sp³-hybridized carbons (Fsp3) is 0.350. The second kappa shape index (κ2) is 7.29. The Labute approximate surface area is 160 Å². The number of aryl methyl sites for hydroxylation is 1. The average Bonchev–Trinajstić information content (AvgIpc) is 3.50.